The van der Waals surface area contributed by atoms with Crippen LogP contribution in [0.4, 0.5) is 0 Å². The van der Waals surface area contributed by atoms with Crippen LogP contribution in [0.1, 0.15) is 41.6 Å². The molecular formula is C19H23N3O4S. The van der Waals surface area contributed by atoms with Crippen molar-refractivity contribution in [3.05, 3.63) is 47.4 Å². The molecule has 27 heavy (non-hydrogen) atoms. The number of ketones is 1. The molecule has 1 unspecified atom stereocenters. The molecule has 0 saturated carbocycles. The first-order valence-corrected chi connectivity index (χ1v) is 10.3. The second-order valence-electron chi connectivity index (χ2n) is 6.72. The van der Waals surface area contributed by atoms with Crippen molar-refractivity contribution in [3.63, 3.8) is 0 Å². The van der Waals surface area contributed by atoms with E-state index >= 15 is 0 Å². The van der Waals surface area contributed by atoms with Gasteiger partial charge in [-0.25, -0.2) is 13.4 Å². The third-order valence-corrected chi connectivity index (χ3v) is 6.31. The minimum atomic E-state index is -3.69. The van der Waals surface area contributed by atoms with Gasteiger partial charge in [-0.3, -0.25) is 4.79 Å². The Kier molecular flexibility index (Phi) is 5.57. The average Bonchev–Trinajstić information content (AvgIpc) is 2.61. The molecule has 1 atom stereocenters. The second-order valence-corrected chi connectivity index (χ2v) is 8.66. The fourth-order valence-corrected chi connectivity index (χ4v) is 4.71. The number of rotatable bonds is 5. The Labute approximate surface area is 159 Å². The minimum absolute atomic E-state index is 0.129. The fraction of sp³-hybridized carbons (Fsp3) is 0.421. The summed E-state index contributed by atoms with van der Waals surface area (Å²) in [4.78, 5) is 20.2. The molecule has 0 radical (unpaired) electrons. The zero-order chi connectivity index (χ0) is 19.6. The molecule has 2 aromatic rings. The molecule has 2 heterocycles. The van der Waals surface area contributed by atoms with Crippen LogP contribution in [0.3, 0.4) is 0 Å². The lowest BCUT2D eigenvalue weighted by molar-refractivity contribution is 0.101. The molecule has 8 heteroatoms. The zero-order valence-corrected chi connectivity index (χ0v) is 16.5. The predicted octanol–water partition coefficient (Wildman–Crippen LogP) is 2.53. The van der Waals surface area contributed by atoms with Crippen molar-refractivity contribution in [2.75, 3.05) is 13.1 Å². The van der Waals surface area contributed by atoms with E-state index in [1.54, 1.807) is 25.1 Å². The minimum Gasteiger partial charge on any atom is -0.473 e. The lowest BCUT2D eigenvalue weighted by atomic mass is 10.1. The van der Waals surface area contributed by atoms with Gasteiger partial charge in [-0.2, -0.15) is 9.29 Å². The number of aryl methyl sites for hydroxylation is 2. The van der Waals surface area contributed by atoms with E-state index in [0.717, 1.165) is 12.1 Å². The Morgan fingerprint density at radius 1 is 1.22 bits per heavy atom. The van der Waals surface area contributed by atoms with Crippen LogP contribution in [0.15, 0.2) is 35.2 Å². The number of ether oxygens (including phenoxy) is 1. The van der Waals surface area contributed by atoms with E-state index in [0.29, 0.717) is 30.2 Å². The Morgan fingerprint density at radius 3 is 2.70 bits per heavy atom. The molecule has 1 fully saturated rings. The highest BCUT2D eigenvalue weighted by Crippen LogP contribution is 2.24. The second kappa shape index (κ2) is 7.74. The number of piperidine rings is 1. The molecule has 3 rings (SSSR count). The number of nitrogens with zero attached hydrogens (tertiary/aromatic N) is 3. The largest absolute Gasteiger partial charge is 0.473 e. The Hall–Kier alpha value is -2.32. The van der Waals surface area contributed by atoms with Crippen molar-refractivity contribution < 1.29 is 17.9 Å². The summed E-state index contributed by atoms with van der Waals surface area (Å²) in [5.41, 5.74) is 1.19. The van der Waals surface area contributed by atoms with Gasteiger partial charge in [0.2, 0.25) is 15.9 Å². The standard InChI is InChI=1S/C19H23N3O4S/c1-13-10-19(21-15(3)20-13)26-17-7-5-9-22(12-17)27(24,25)18-8-4-6-16(11-18)14(2)23/h4,6,8,10-11,17H,5,7,9,12H2,1-3H3. The lowest BCUT2D eigenvalue weighted by Gasteiger charge is -2.32. The highest BCUT2D eigenvalue weighted by Gasteiger charge is 2.31. The van der Waals surface area contributed by atoms with Crippen molar-refractivity contribution in [3.8, 4) is 5.88 Å². The Morgan fingerprint density at radius 2 is 2.00 bits per heavy atom. The number of aromatic nitrogens is 2. The summed E-state index contributed by atoms with van der Waals surface area (Å²) in [7, 11) is -3.69. The third kappa shape index (κ3) is 4.51. The molecule has 1 aliphatic heterocycles. The first-order valence-electron chi connectivity index (χ1n) is 8.86. The number of hydrogen-bond donors (Lipinski definition) is 0. The highest BCUT2D eigenvalue weighted by molar-refractivity contribution is 7.89. The van der Waals surface area contributed by atoms with Crippen LogP contribution in [0.5, 0.6) is 5.88 Å². The average molecular weight is 389 g/mol. The van der Waals surface area contributed by atoms with Crippen LogP contribution in [-0.4, -0.2) is 47.7 Å². The van der Waals surface area contributed by atoms with E-state index in [4.69, 9.17) is 4.74 Å². The Balaban J connectivity index is 1.78. The van der Waals surface area contributed by atoms with Crippen molar-refractivity contribution in [2.45, 2.75) is 44.6 Å². The zero-order valence-electron chi connectivity index (χ0n) is 15.7. The molecule has 7 nitrogen and oxygen atoms in total. The van der Waals surface area contributed by atoms with Crippen molar-refractivity contribution >= 4 is 15.8 Å². The summed E-state index contributed by atoms with van der Waals surface area (Å²) in [5.74, 6) is 0.913. The van der Waals surface area contributed by atoms with Crippen LogP contribution >= 0.6 is 0 Å². The molecule has 1 aromatic heterocycles. The number of sulfonamides is 1. The van der Waals surface area contributed by atoms with E-state index in [1.807, 2.05) is 6.92 Å². The van der Waals surface area contributed by atoms with Crippen LogP contribution in [0.2, 0.25) is 0 Å². The van der Waals surface area contributed by atoms with Crippen LogP contribution in [-0.2, 0) is 10.0 Å². The normalized spacial score (nSPS) is 18.3. The summed E-state index contributed by atoms with van der Waals surface area (Å²) in [6.07, 6.45) is 1.17. The molecule has 0 N–H and O–H groups in total. The van der Waals surface area contributed by atoms with Crippen molar-refractivity contribution in [1.82, 2.24) is 14.3 Å². The molecule has 1 aliphatic rings. The van der Waals surface area contributed by atoms with Gasteiger partial charge >= 0.3 is 0 Å². The van der Waals surface area contributed by atoms with Gasteiger partial charge in [-0.15, -0.1) is 0 Å². The molecule has 0 bridgehead atoms. The molecule has 0 aliphatic carbocycles. The fourth-order valence-electron chi connectivity index (χ4n) is 3.16. The first-order chi connectivity index (χ1) is 12.8. The van der Waals surface area contributed by atoms with Crippen molar-refractivity contribution in [2.24, 2.45) is 0 Å². The van der Waals surface area contributed by atoms with Gasteiger partial charge in [0.05, 0.1) is 11.4 Å². The summed E-state index contributed by atoms with van der Waals surface area (Å²) in [6, 6.07) is 7.90. The molecular weight excluding hydrogens is 366 g/mol. The van der Waals surface area contributed by atoms with Gasteiger partial charge in [-0.1, -0.05) is 12.1 Å². The third-order valence-electron chi connectivity index (χ3n) is 4.45. The monoisotopic (exact) mass is 389 g/mol. The van der Waals surface area contributed by atoms with Gasteiger partial charge < -0.3 is 4.74 Å². The summed E-state index contributed by atoms with van der Waals surface area (Å²) in [5, 5.41) is 0. The SMILES string of the molecule is CC(=O)c1cccc(S(=O)(=O)N2CCCC(Oc3cc(C)nc(C)n3)C2)c1. The van der Waals surface area contributed by atoms with E-state index in [-0.39, 0.29) is 23.3 Å². The smallest absolute Gasteiger partial charge is 0.243 e. The maximum Gasteiger partial charge on any atom is 0.243 e. The highest BCUT2D eigenvalue weighted by atomic mass is 32.2. The van der Waals surface area contributed by atoms with E-state index in [9.17, 15) is 13.2 Å². The maximum atomic E-state index is 13.0. The van der Waals surface area contributed by atoms with Gasteiger partial charge in [0, 0.05) is 23.9 Å². The topological polar surface area (TPSA) is 89.5 Å². The number of hydrogen-bond acceptors (Lipinski definition) is 6. The van der Waals surface area contributed by atoms with E-state index < -0.39 is 10.0 Å². The van der Waals surface area contributed by atoms with E-state index in [1.165, 1.54) is 23.4 Å². The van der Waals surface area contributed by atoms with Crippen LogP contribution < -0.4 is 4.74 Å². The van der Waals surface area contributed by atoms with Gasteiger partial charge in [0.15, 0.2) is 5.78 Å². The number of benzene rings is 1. The molecule has 1 aromatic carbocycles. The number of carbonyl (C=O) groups excluding carboxylic acids is 1. The van der Waals surface area contributed by atoms with Crippen molar-refractivity contribution in [1.29, 1.82) is 0 Å². The molecule has 0 amide bonds. The molecule has 1 saturated heterocycles. The summed E-state index contributed by atoms with van der Waals surface area (Å²) in [6.45, 7) is 5.74. The Bertz CT molecular complexity index is 939. The van der Waals surface area contributed by atoms with Crippen LogP contribution in [0.25, 0.3) is 0 Å². The predicted molar refractivity (Wildman–Crippen MR) is 100 cm³/mol. The maximum absolute atomic E-state index is 13.0. The lowest BCUT2D eigenvalue weighted by Crippen LogP contribution is -2.44. The molecule has 144 valence electrons. The summed E-state index contributed by atoms with van der Waals surface area (Å²) >= 11 is 0. The quantitative estimate of drug-likeness (QED) is 0.730. The van der Waals surface area contributed by atoms with Gasteiger partial charge in [-0.05, 0) is 45.7 Å². The van der Waals surface area contributed by atoms with Gasteiger partial charge in [0.1, 0.15) is 11.9 Å². The number of Topliss-reactive ketones (excluding diaryl/α,β-unsaturated/α-hetero) is 1. The summed E-state index contributed by atoms with van der Waals surface area (Å²) < 4.78 is 33.4. The number of carbonyl (C=O) groups is 1. The first kappa shape index (κ1) is 19.4. The van der Waals surface area contributed by atoms with E-state index in [2.05, 4.69) is 9.97 Å². The van der Waals surface area contributed by atoms with Crippen LogP contribution in [0, 0.1) is 13.8 Å². The van der Waals surface area contributed by atoms with Gasteiger partial charge in [0.25, 0.3) is 0 Å². The molecule has 0 spiro atoms.